The number of amides is 1. The van der Waals surface area contributed by atoms with E-state index in [2.05, 4.69) is 10.6 Å². The summed E-state index contributed by atoms with van der Waals surface area (Å²) in [5.41, 5.74) is 1.95. The number of nitriles is 1. The van der Waals surface area contributed by atoms with E-state index < -0.39 is 0 Å². The standard InChI is InChI=1S/C15H21N3O3/c1-12-4-3-5-13(10-17-8-9-20-2)15(12)21-11-14(19)18-7-6-16/h3-5,17H,7-11H2,1-2H3,(H,18,19). The smallest absolute Gasteiger partial charge is 0.258 e. The van der Waals surface area contributed by atoms with Gasteiger partial charge in [0.25, 0.3) is 5.91 Å². The Balaban J connectivity index is 2.58. The number of rotatable bonds is 9. The fourth-order valence-corrected chi connectivity index (χ4v) is 1.78. The average Bonchev–Trinajstić information content (AvgIpc) is 2.48. The zero-order valence-electron chi connectivity index (χ0n) is 12.4. The van der Waals surface area contributed by atoms with E-state index in [-0.39, 0.29) is 19.1 Å². The van der Waals surface area contributed by atoms with Gasteiger partial charge >= 0.3 is 0 Å². The lowest BCUT2D eigenvalue weighted by Crippen LogP contribution is -2.29. The first kappa shape index (κ1) is 17.0. The minimum absolute atomic E-state index is 0.0125. The van der Waals surface area contributed by atoms with Crippen LogP contribution in [0, 0.1) is 18.3 Å². The summed E-state index contributed by atoms with van der Waals surface area (Å²) in [5.74, 6) is 0.396. The number of para-hydroxylation sites is 1. The third-order valence-electron chi connectivity index (χ3n) is 2.80. The largest absolute Gasteiger partial charge is 0.483 e. The number of ether oxygens (including phenoxy) is 2. The minimum Gasteiger partial charge on any atom is -0.483 e. The van der Waals surface area contributed by atoms with Crippen LogP contribution in [0.15, 0.2) is 18.2 Å². The minimum atomic E-state index is -0.307. The highest BCUT2D eigenvalue weighted by atomic mass is 16.5. The van der Waals surface area contributed by atoms with E-state index in [1.807, 2.05) is 31.2 Å². The molecule has 0 atom stereocenters. The molecule has 6 heteroatoms. The van der Waals surface area contributed by atoms with Crippen molar-refractivity contribution in [3.05, 3.63) is 29.3 Å². The lowest BCUT2D eigenvalue weighted by atomic mass is 10.1. The fraction of sp³-hybridized carbons (Fsp3) is 0.467. The van der Waals surface area contributed by atoms with Crippen molar-refractivity contribution in [2.24, 2.45) is 0 Å². The van der Waals surface area contributed by atoms with Gasteiger partial charge in [-0.2, -0.15) is 5.26 Å². The van der Waals surface area contributed by atoms with Crippen molar-refractivity contribution < 1.29 is 14.3 Å². The van der Waals surface area contributed by atoms with Gasteiger partial charge in [-0.3, -0.25) is 4.79 Å². The van der Waals surface area contributed by atoms with Gasteiger partial charge in [-0.15, -0.1) is 0 Å². The number of benzene rings is 1. The van der Waals surface area contributed by atoms with Crippen LogP contribution in [0.1, 0.15) is 11.1 Å². The van der Waals surface area contributed by atoms with Gasteiger partial charge < -0.3 is 20.1 Å². The number of carbonyl (C=O) groups is 1. The first-order valence-corrected chi connectivity index (χ1v) is 6.73. The Morgan fingerprint density at radius 1 is 1.43 bits per heavy atom. The highest BCUT2D eigenvalue weighted by Crippen LogP contribution is 2.23. The van der Waals surface area contributed by atoms with Gasteiger partial charge in [-0.25, -0.2) is 0 Å². The molecular formula is C15H21N3O3. The average molecular weight is 291 g/mol. The van der Waals surface area contributed by atoms with Crippen LogP contribution >= 0.6 is 0 Å². The number of methoxy groups -OCH3 is 1. The Hall–Kier alpha value is -2.10. The first-order valence-electron chi connectivity index (χ1n) is 6.73. The Kier molecular flexibility index (Phi) is 7.87. The predicted molar refractivity (Wildman–Crippen MR) is 78.9 cm³/mol. The molecule has 6 nitrogen and oxygen atoms in total. The molecule has 0 radical (unpaired) electrons. The summed E-state index contributed by atoms with van der Waals surface area (Å²) in [6.07, 6.45) is 0. The first-order chi connectivity index (χ1) is 10.2. The molecule has 0 saturated carbocycles. The van der Waals surface area contributed by atoms with Crippen molar-refractivity contribution >= 4 is 5.91 Å². The van der Waals surface area contributed by atoms with E-state index in [9.17, 15) is 4.79 Å². The zero-order valence-corrected chi connectivity index (χ0v) is 12.4. The summed E-state index contributed by atoms with van der Waals surface area (Å²) in [6, 6.07) is 7.69. The quantitative estimate of drug-likeness (QED) is 0.518. The number of aryl methyl sites for hydroxylation is 1. The van der Waals surface area contributed by atoms with E-state index in [1.165, 1.54) is 0 Å². The topological polar surface area (TPSA) is 83.4 Å². The molecule has 0 bridgehead atoms. The summed E-state index contributed by atoms with van der Waals surface area (Å²) >= 11 is 0. The fourth-order valence-electron chi connectivity index (χ4n) is 1.78. The number of carbonyl (C=O) groups excluding carboxylic acids is 1. The molecule has 2 N–H and O–H groups in total. The van der Waals surface area contributed by atoms with Gasteiger partial charge in [-0.1, -0.05) is 18.2 Å². The third kappa shape index (κ3) is 6.25. The van der Waals surface area contributed by atoms with Crippen molar-refractivity contribution in [2.45, 2.75) is 13.5 Å². The maximum absolute atomic E-state index is 11.5. The van der Waals surface area contributed by atoms with Crippen LogP contribution < -0.4 is 15.4 Å². The maximum atomic E-state index is 11.5. The molecule has 0 fully saturated rings. The number of hydrogen-bond donors (Lipinski definition) is 2. The molecule has 0 aromatic heterocycles. The summed E-state index contributed by atoms with van der Waals surface area (Å²) in [7, 11) is 1.66. The second kappa shape index (κ2) is 9.75. The molecular weight excluding hydrogens is 270 g/mol. The van der Waals surface area contributed by atoms with Gasteiger partial charge in [0.2, 0.25) is 0 Å². The van der Waals surface area contributed by atoms with Crippen molar-refractivity contribution in [2.75, 3.05) is 33.4 Å². The Labute approximate surface area is 125 Å². The van der Waals surface area contributed by atoms with Crippen molar-refractivity contribution in [3.8, 4) is 11.8 Å². The second-order valence-electron chi connectivity index (χ2n) is 4.46. The lowest BCUT2D eigenvalue weighted by molar-refractivity contribution is -0.122. The number of nitrogens with one attached hydrogen (secondary N) is 2. The number of hydrogen-bond acceptors (Lipinski definition) is 5. The van der Waals surface area contributed by atoms with E-state index in [0.29, 0.717) is 18.9 Å². The van der Waals surface area contributed by atoms with Crippen molar-refractivity contribution in [1.82, 2.24) is 10.6 Å². The summed E-state index contributed by atoms with van der Waals surface area (Å²) in [4.78, 5) is 11.5. The van der Waals surface area contributed by atoms with Crippen LogP contribution in [0.4, 0.5) is 0 Å². The highest BCUT2D eigenvalue weighted by Gasteiger charge is 2.09. The van der Waals surface area contributed by atoms with Crippen LogP contribution in [0.25, 0.3) is 0 Å². The molecule has 0 spiro atoms. The van der Waals surface area contributed by atoms with Crippen molar-refractivity contribution in [3.63, 3.8) is 0 Å². The van der Waals surface area contributed by atoms with E-state index in [4.69, 9.17) is 14.7 Å². The van der Waals surface area contributed by atoms with Crippen LogP contribution in [-0.4, -0.2) is 39.3 Å². The highest BCUT2D eigenvalue weighted by molar-refractivity contribution is 5.77. The molecule has 0 saturated heterocycles. The van der Waals surface area contributed by atoms with Gasteiger partial charge in [-0.05, 0) is 12.5 Å². The second-order valence-corrected chi connectivity index (χ2v) is 4.46. The Morgan fingerprint density at radius 2 is 2.24 bits per heavy atom. The molecule has 0 aliphatic heterocycles. The Morgan fingerprint density at radius 3 is 2.95 bits per heavy atom. The molecule has 21 heavy (non-hydrogen) atoms. The van der Waals surface area contributed by atoms with Gasteiger partial charge in [0, 0.05) is 25.8 Å². The number of nitrogens with zero attached hydrogens (tertiary/aromatic N) is 1. The van der Waals surface area contributed by atoms with Gasteiger partial charge in [0.1, 0.15) is 12.3 Å². The molecule has 0 aliphatic rings. The van der Waals surface area contributed by atoms with Crippen LogP contribution in [0.3, 0.4) is 0 Å². The predicted octanol–water partition coefficient (Wildman–Crippen LogP) is 0.750. The maximum Gasteiger partial charge on any atom is 0.258 e. The van der Waals surface area contributed by atoms with Crippen LogP contribution in [-0.2, 0) is 16.1 Å². The summed E-state index contributed by atoms with van der Waals surface area (Å²) < 4.78 is 10.6. The Bertz CT molecular complexity index is 497. The van der Waals surface area contributed by atoms with Gasteiger partial charge in [0.15, 0.2) is 6.61 Å². The molecule has 0 aliphatic carbocycles. The van der Waals surface area contributed by atoms with Crippen LogP contribution in [0.2, 0.25) is 0 Å². The normalized spacial score (nSPS) is 9.95. The third-order valence-corrected chi connectivity index (χ3v) is 2.80. The molecule has 1 aromatic carbocycles. The van der Waals surface area contributed by atoms with E-state index >= 15 is 0 Å². The van der Waals surface area contributed by atoms with Crippen molar-refractivity contribution in [1.29, 1.82) is 5.26 Å². The molecule has 0 heterocycles. The SMILES string of the molecule is COCCNCc1cccc(C)c1OCC(=O)NCC#N. The molecule has 0 unspecified atom stereocenters. The van der Waals surface area contributed by atoms with E-state index in [0.717, 1.165) is 17.7 Å². The van der Waals surface area contributed by atoms with Gasteiger partial charge in [0.05, 0.1) is 12.7 Å². The molecule has 1 rings (SSSR count). The zero-order chi connectivity index (χ0) is 15.5. The summed E-state index contributed by atoms with van der Waals surface area (Å²) in [6.45, 7) is 3.84. The molecule has 1 amide bonds. The molecule has 1 aromatic rings. The lowest BCUT2D eigenvalue weighted by Gasteiger charge is -2.14. The monoisotopic (exact) mass is 291 g/mol. The van der Waals surface area contributed by atoms with E-state index in [1.54, 1.807) is 7.11 Å². The molecule has 114 valence electrons. The summed E-state index contributed by atoms with van der Waals surface area (Å²) in [5, 5.41) is 14.1. The van der Waals surface area contributed by atoms with Crippen LogP contribution in [0.5, 0.6) is 5.75 Å².